The molecule has 2 rings (SSSR count). The molecule has 1 atom stereocenters. The number of likely N-dealkylation sites (tertiary alicyclic amines) is 1. The van der Waals surface area contributed by atoms with E-state index < -0.39 is 5.60 Å². The molecule has 1 amide bonds. The zero-order chi connectivity index (χ0) is 14.2. The van der Waals surface area contributed by atoms with Gasteiger partial charge in [-0.15, -0.1) is 0 Å². The molecule has 0 saturated carbocycles. The molecular formula is C14H23N3O2. The topological polar surface area (TPSA) is 58.2 Å². The first-order valence-corrected chi connectivity index (χ1v) is 6.80. The molecule has 106 valence electrons. The third kappa shape index (κ3) is 3.08. The highest BCUT2D eigenvalue weighted by atomic mass is 16.6. The number of carbonyl (C=O) groups excluding carboxylic acids is 1. The Morgan fingerprint density at radius 1 is 1.42 bits per heavy atom. The number of H-pyrrole nitrogens is 1. The van der Waals surface area contributed by atoms with Crippen molar-refractivity contribution < 1.29 is 9.53 Å². The van der Waals surface area contributed by atoms with Crippen molar-refractivity contribution in [3.05, 3.63) is 17.2 Å². The van der Waals surface area contributed by atoms with Crippen LogP contribution < -0.4 is 0 Å². The van der Waals surface area contributed by atoms with Gasteiger partial charge in [0.25, 0.3) is 0 Å². The summed E-state index contributed by atoms with van der Waals surface area (Å²) in [6, 6.07) is 0.0160. The lowest BCUT2D eigenvalue weighted by Gasteiger charge is -2.27. The molecule has 1 N–H and O–H groups in total. The number of ether oxygens (including phenoxy) is 1. The lowest BCUT2D eigenvalue weighted by molar-refractivity contribution is 0.0218. The van der Waals surface area contributed by atoms with E-state index >= 15 is 0 Å². The number of aromatic nitrogens is 2. The van der Waals surface area contributed by atoms with E-state index in [2.05, 4.69) is 9.97 Å². The van der Waals surface area contributed by atoms with E-state index in [0.29, 0.717) is 0 Å². The van der Waals surface area contributed by atoms with Crippen LogP contribution in [0.25, 0.3) is 0 Å². The summed E-state index contributed by atoms with van der Waals surface area (Å²) in [5.74, 6) is 0.873. The zero-order valence-electron chi connectivity index (χ0n) is 12.4. The molecule has 0 aliphatic carbocycles. The maximum absolute atomic E-state index is 12.2. The smallest absolute Gasteiger partial charge is 0.410 e. The largest absolute Gasteiger partial charge is 0.444 e. The zero-order valence-corrected chi connectivity index (χ0v) is 12.4. The molecular weight excluding hydrogens is 242 g/mol. The monoisotopic (exact) mass is 265 g/mol. The minimum absolute atomic E-state index is 0.0160. The van der Waals surface area contributed by atoms with Gasteiger partial charge in [0.2, 0.25) is 0 Å². The second-order valence-electron chi connectivity index (χ2n) is 6.16. The molecule has 1 saturated heterocycles. The summed E-state index contributed by atoms with van der Waals surface area (Å²) in [5.41, 5.74) is 1.59. The van der Waals surface area contributed by atoms with Gasteiger partial charge >= 0.3 is 6.09 Å². The minimum Gasteiger partial charge on any atom is -0.444 e. The summed E-state index contributed by atoms with van der Waals surface area (Å²) < 4.78 is 5.46. The molecule has 1 aromatic heterocycles. The van der Waals surface area contributed by atoms with E-state index in [0.717, 1.165) is 36.6 Å². The Morgan fingerprint density at radius 2 is 2.11 bits per heavy atom. The number of imidazole rings is 1. The Balaban J connectivity index is 2.15. The Morgan fingerprint density at radius 3 is 2.63 bits per heavy atom. The Bertz CT molecular complexity index is 454. The van der Waals surface area contributed by atoms with Gasteiger partial charge in [-0.3, -0.25) is 4.90 Å². The summed E-state index contributed by atoms with van der Waals surface area (Å²) in [6.07, 6.45) is 1.68. The highest BCUT2D eigenvalue weighted by Crippen LogP contribution is 2.31. The fourth-order valence-electron chi connectivity index (χ4n) is 2.32. The molecule has 1 aliphatic heterocycles. The fourth-order valence-corrected chi connectivity index (χ4v) is 2.32. The number of rotatable bonds is 1. The van der Waals surface area contributed by atoms with E-state index in [1.807, 2.05) is 34.6 Å². The van der Waals surface area contributed by atoms with Crippen molar-refractivity contribution in [2.45, 2.75) is 59.1 Å². The predicted molar refractivity (Wildman–Crippen MR) is 73.0 cm³/mol. The third-order valence-electron chi connectivity index (χ3n) is 3.34. The highest BCUT2D eigenvalue weighted by Gasteiger charge is 2.34. The van der Waals surface area contributed by atoms with Gasteiger partial charge < -0.3 is 9.72 Å². The summed E-state index contributed by atoms with van der Waals surface area (Å²) >= 11 is 0. The van der Waals surface area contributed by atoms with Crippen LogP contribution in [0.3, 0.4) is 0 Å². The lowest BCUT2D eigenvalue weighted by atomic mass is 10.2. The van der Waals surface area contributed by atoms with E-state index in [9.17, 15) is 4.79 Å². The number of hydrogen-bond donors (Lipinski definition) is 1. The van der Waals surface area contributed by atoms with Crippen LogP contribution in [0.5, 0.6) is 0 Å². The van der Waals surface area contributed by atoms with Gasteiger partial charge in [0.05, 0.1) is 11.7 Å². The number of nitrogens with zero attached hydrogens (tertiary/aromatic N) is 2. The Hall–Kier alpha value is -1.52. The Kier molecular flexibility index (Phi) is 3.56. The van der Waals surface area contributed by atoms with Crippen LogP contribution in [0, 0.1) is 13.8 Å². The molecule has 19 heavy (non-hydrogen) atoms. The van der Waals surface area contributed by atoms with Gasteiger partial charge in [-0.05, 0) is 47.5 Å². The molecule has 1 aliphatic rings. The summed E-state index contributed by atoms with van der Waals surface area (Å²) in [5, 5.41) is 0. The number of aromatic amines is 1. The number of nitrogens with one attached hydrogen (secondary N) is 1. The maximum atomic E-state index is 12.2. The Labute approximate surface area is 114 Å². The predicted octanol–water partition coefficient (Wildman–Crippen LogP) is 3.10. The molecule has 1 aromatic rings. The number of aryl methyl sites for hydroxylation is 2. The molecule has 5 nitrogen and oxygen atoms in total. The van der Waals surface area contributed by atoms with Gasteiger partial charge in [-0.1, -0.05) is 0 Å². The van der Waals surface area contributed by atoms with E-state index in [1.165, 1.54) is 0 Å². The lowest BCUT2D eigenvalue weighted by Crippen LogP contribution is -2.36. The number of carbonyl (C=O) groups is 1. The second kappa shape index (κ2) is 4.87. The van der Waals surface area contributed by atoms with Crippen molar-refractivity contribution in [2.75, 3.05) is 6.54 Å². The minimum atomic E-state index is -0.459. The summed E-state index contributed by atoms with van der Waals surface area (Å²) in [7, 11) is 0. The van der Waals surface area contributed by atoms with Gasteiger partial charge in [0, 0.05) is 12.2 Å². The van der Waals surface area contributed by atoms with Gasteiger partial charge in [0.15, 0.2) is 0 Å². The standard InChI is InChI=1S/C14H23N3O2/c1-9-10(2)16-12(15-9)11-7-6-8-17(11)13(18)19-14(3,4)5/h11H,6-8H2,1-5H3,(H,15,16)/t11-/m0/s1. The van der Waals surface area contributed by atoms with Crippen LogP contribution in [0.15, 0.2) is 0 Å². The van der Waals surface area contributed by atoms with Gasteiger partial charge in [0.1, 0.15) is 11.4 Å². The second-order valence-corrected chi connectivity index (χ2v) is 6.16. The highest BCUT2D eigenvalue weighted by molar-refractivity contribution is 5.69. The molecule has 1 fully saturated rings. The summed E-state index contributed by atoms with van der Waals surface area (Å²) in [4.78, 5) is 21.8. The quantitative estimate of drug-likeness (QED) is 0.848. The van der Waals surface area contributed by atoms with Crippen molar-refractivity contribution in [2.24, 2.45) is 0 Å². The third-order valence-corrected chi connectivity index (χ3v) is 3.34. The van der Waals surface area contributed by atoms with Crippen molar-refractivity contribution in [1.29, 1.82) is 0 Å². The van der Waals surface area contributed by atoms with Crippen LogP contribution in [-0.2, 0) is 4.74 Å². The van der Waals surface area contributed by atoms with Crippen LogP contribution in [-0.4, -0.2) is 33.1 Å². The summed E-state index contributed by atoms with van der Waals surface area (Å²) in [6.45, 7) is 10.4. The normalized spacial score (nSPS) is 19.8. The van der Waals surface area contributed by atoms with Crippen molar-refractivity contribution in [1.82, 2.24) is 14.9 Å². The molecule has 2 heterocycles. The van der Waals surface area contributed by atoms with Crippen LogP contribution in [0.1, 0.15) is 56.9 Å². The van der Waals surface area contributed by atoms with Gasteiger partial charge in [-0.25, -0.2) is 9.78 Å². The average Bonchev–Trinajstić information content (AvgIpc) is 2.83. The number of hydrogen-bond acceptors (Lipinski definition) is 3. The SMILES string of the molecule is Cc1nc([C@@H]2CCCN2C(=O)OC(C)(C)C)[nH]c1C. The first-order valence-electron chi connectivity index (χ1n) is 6.80. The molecule has 0 spiro atoms. The van der Waals surface area contributed by atoms with E-state index in [1.54, 1.807) is 4.90 Å². The van der Waals surface area contributed by atoms with Crippen molar-refractivity contribution in [3.63, 3.8) is 0 Å². The van der Waals surface area contributed by atoms with Crippen LogP contribution in [0.2, 0.25) is 0 Å². The molecule has 0 aromatic carbocycles. The molecule has 5 heteroatoms. The van der Waals surface area contributed by atoms with Crippen molar-refractivity contribution in [3.8, 4) is 0 Å². The van der Waals surface area contributed by atoms with Crippen molar-refractivity contribution >= 4 is 6.09 Å². The first-order chi connectivity index (χ1) is 8.78. The molecule has 0 bridgehead atoms. The van der Waals surface area contributed by atoms with Crippen LogP contribution >= 0.6 is 0 Å². The van der Waals surface area contributed by atoms with Gasteiger partial charge in [-0.2, -0.15) is 0 Å². The van der Waals surface area contributed by atoms with Crippen LogP contribution in [0.4, 0.5) is 4.79 Å². The first kappa shape index (κ1) is 13.9. The number of amides is 1. The van der Waals surface area contributed by atoms with E-state index in [-0.39, 0.29) is 12.1 Å². The van der Waals surface area contributed by atoms with E-state index in [4.69, 9.17) is 4.74 Å². The maximum Gasteiger partial charge on any atom is 0.410 e. The molecule has 0 unspecified atom stereocenters. The fraction of sp³-hybridized carbons (Fsp3) is 0.714. The average molecular weight is 265 g/mol. The molecule has 0 radical (unpaired) electrons.